The molecule has 0 aromatic heterocycles. The van der Waals surface area contributed by atoms with E-state index in [1.807, 2.05) is 37.3 Å². The van der Waals surface area contributed by atoms with Crippen molar-refractivity contribution in [2.45, 2.75) is 33.1 Å². The fourth-order valence-corrected chi connectivity index (χ4v) is 3.66. The maximum Gasteiger partial charge on any atom is 0.257 e. The summed E-state index contributed by atoms with van der Waals surface area (Å²) in [7, 11) is 0. The van der Waals surface area contributed by atoms with Crippen molar-refractivity contribution in [3.63, 3.8) is 0 Å². The number of benzene rings is 3. The van der Waals surface area contributed by atoms with Gasteiger partial charge in [-0.25, -0.2) is 0 Å². The molecule has 3 aromatic carbocycles. The zero-order valence-corrected chi connectivity index (χ0v) is 21.4. The molecule has 7 heteroatoms. The Morgan fingerprint density at radius 1 is 0.818 bits per heavy atom. The summed E-state index contributed by atoms with van der Waals surface area (Å²) in [5.41, 5.74) is 4.56. The highest BCUT2D eigenvalue weighted by molar-refractivity contribution is 9.10. The number of amides is 2. The number of anilines is 2. The first-order valence-corrected chi connectivity index (χ1v) is 11.6. The van der Waals surface area contributed by atoms with Crippen LogP contribution in [0.25, 0.3) is 0 Å². The molecule has 3 aromatic rings. The normalized spacial score (nSPS) is 10.9. The van der Waals surface area contributed by atoms with Gasteiger partial charge in [0.15, 0.2) is 5.11 Å². The fourth-order valence-electron chi connectivity index (χ4n) is 3.07. The molecule has 2 amide bonds. The van der Waals surface area contributed by atoms with Gasteiger partial charge in [0.1, 0.15) is 0 Å². The minimum atomic E-state index is -0.309. The molecule has 0 aliphatic carbocycles. The number of nitrogens with one attached hydrogen (secondary N) is 3. The van der Waals surface area contributed by atoms with Crippen LogP contribution in [0.1, 0.15) is 52.6 Å². The Bertz CT molecular complexity index is 1200. The second-order valence-corrected chi connectivity index (χ2v) is 10.00. The second kappa shape index (κ2) is 10.3. The van der Waals surface area contributed by atoms with E-state index in [1.165, 1.54) is 5.56 Å². The van der Waals surface area contributed by atoms with E-state index in [9.17, 15) is 9.59 Å². The SMILES string of the molecule is Cc1ccc(C(=O)NC(=S)Nc2cccc(NC(=O)c3ccc(C(C)(C)C)cc3)c2)cc1Br. The maximum atomic E-state index is 12.6. The molecule has 0 unspecified atom stereocenters. The van der Waals surface area contributed by atoms with Gasteiger partial charge in [-0.2, -0.15) is 0 Å². The smallest absolute Gasteiger partial charge is 0.257 e. The molecule has 0 bridgehead atoms. The van der Waals surface area contributed by atoms with Crippen LogP contribution in [0.2, 0.25) is 0 Å². The first-order valence-electron chi connectivity index (χ1n) is 10.4. The number of thiocarbonyl (C=S) groups is 1. The Morgan fingerprint density at radius 2 is 1.42 bits per heavy atom. The zero-order chi connectivity index (χ0) is 24.2. The van der Waals surface area contributed by atoms with Crippen LogP contribution < -0.4 is 16.0 Å². The van der Waals surface area contributed by atoms with Crippen LogP contribution in [0.4, 0.5) is 11.4 Å². The van der Waals surface area contributed by atoms with Crippen molar-refractivity contribution < 1.29 is 9.59 Å². The summed E-state index contributed by atoms with van der Waals surface area (Å²) in [5.74, 6) is -0.509. The Hall–Kier alpha value is -3.03. The number of aryl methyl sites for hydroxylation is 1. The van der Waals surface area contributed by atoms with E-state index in [0.717, 1.165) is 10.0 Å². The van der Waals surface area contributed by atoms with Gasteiger partial charge in [-0.05, 0) is 78.1 Å². The first kappa shape index (κ1) is 24.6. The summed E-state index contributed by atoms with van der Waals surface area (Å²) in [4.78, 5) is 25.1. The van der Waals surface area contributed by atoms with E-state index < -0.39 is 0 Å². The van der Waals surface area contributed by atoms with Gasteiger partial charge >= 0.3 is 0 Å². The third kappa shape index (κ3) is 6.73. The molecule has 3 rings (SSSR count). The Kier molecular flexibility index (Phi) is 7.66. The van der Waals surface area contributed by atoms with Crippen LogP contribution in [-0.2, 0) is 5.41 Å². The zero-order valence-electron chi connectivity index (χ0n) is 19.0. The highest BCUT2D eigenvalue weighted by Crippen LogP contribution is 2.23. The Morgan fingerprint density at radius 3 is 2.03 bits per heavy atom. The molecule has 170 valence electrons. The first-order chi connectivity index (χ1) is 15.5. The number of rotatable bonds is 4. The van der Waals surface area contributed by atoms with Crippen molar-refractivity contribution in [3.8, 4) is 0 Å². The number of hydrogen-bond donors (Lipinski definition) is 3. The van der Waals surface area contributed by atoms with Crippen molar-refractivity contribution in [2.75, 3.05) is 10.6 Å². The van der Waals surface area contributed by atoms with Gasteiger partial charge in [0.05, 0.1) is 0 Å². The van der Waals surface area contributed by atoms with Gasteiger partial charge in [0, 0.05) is 27.0 Å². The van der Waals surface area contributed by atoms with E-state index in [1.54, 1.807) is 36.4 Å². The van der Waals surface area contributed by atoms with Crippen LogP contribution >= 0.6 is 28.1 Å². The number of carbonyl (C=O) groups is 2. The Balaban J connectivity index is 1.62. The van der Waals surface area contributed by atoms with Crippen molar-refractivity contribution in [3.05, 3.63) is 93.5 Å². The third-order valence-corrected chi connectivity index (χ3v) is 6.11. The number of halogens is 1. The van der Waals surface area contributed by atoms with Gasteiger partial charge in [-0.15, -0.1) is 0 Å². The molecule has 0 aliphatic heterocycles. The van der Waals surface area contributed by atoms with E-state index in [0.29, 0.717) is 22.5 Å². The van der Waals surface area contributed by atoms with E-state index in [4.69, 9.17) is 12.2 Å². The monoisotopic (exact) mass is 523 g/mol. The molecule has 0 radical (unpaired) electrons. The van der Waals surface area contributed by atoms with Crippen molar-refractivity contribution >= 4 is 56.4 Å². The Labute approximate surface area is 208 Å². The molecular weight excluding hydrogens is 498 g/mol. The van der Waals surface area contributed by atoms with Gasteiger partial charge in [-0.3, -0.25) is 14.9 Å². The van der Waals surface area contributed by atoms with E-state index in [2.05, 4.69) is 52.7 Å². The largest absolute Gasteiger partial charge is 0.332 e. The molecule has 3 N–H and O–H groups in total. The lowest BCUT2D eigenvalue weighted by molar-refractivity contribution is 0.0976. The van der Waals surface area contributed by atoms with Crippen molar-refractivity contribution in [2.24, 2.45) is 0 Å². The fraction of sp³-hybridized carbons (Fsp3) is 0.192. The van der Waals surface area contributed by atoms with Gasteiger partial charge in [0.2, 0.25) is 0 Å². The summed E-state index contributed by atoms with van der Waals surface area (Å²) in [6.45, 7) is 8.35. The molecular formula is C26H26BrN3O2S. The summed E-state index contributed by atoms with van der Waals surface area (Å²) in [6, 6.07) is 20.1. The van der Waals surface area contributed by atoms with Crippen LogP contribution in [0, 0.1) is 6.92 Å². The van der Waals surface area contributed by atoms with Crippen molar-refractivity contribution in [1.82, 2.24) is 5.32 Å². The van der Waals surface area contributed by atoms with Gasteiger partial charge in [-0.1, -0.05) is 61.0 Å². The third-order valence-electron chi connectivity index (χ3n) is 5.05. The van der Waals surface area contributed by atoms with Crippen molar-refractivity contribution in [1.29, 1.82) is 0 Å². The average Bonchev–Trinajstić information content (AvgIpc) is 2.75. The predicted octanol–water partition coefficient (Wildman–Crippen LogP) is 6.43. The van der Waals surface area contributed by atoms with E-state index >= 15 is 0 Å². The van der Waals surface area contributed by atoms with Crippen LogP contribution in [0.15, 0.2) is 71.2 Å². The maximum absolute atomic E-state index is 12.6. The van der Waals surface area contributed by atoms with Gasteiger partial charge in [0.25, 0.3) is 11.8 Å². The summed E-state index contributed by atoms with van der Waals surface area (Å²) in [5, 5.41) is 8.71. The van der Waals surface area contributed by atoms with Crippen LogP contribution in [0.5, 0.6) is 0 Å². The summed E-state index contributed by atoms with van der Waals surface area (Å²) in [6.07, 6.45) is 0. The topological polar surface area (TPSA) is 70.2 Å². The highest BCUT2D eigenvalue weighted by Gasteiger charge is 2.15. The summed E-state index contributed by atoms with van der Waals surface area (Å²) < 4.78 is 0.852. The van der Waals surface area contributed by atoms with Crippen LogP contribution in [0.3, 0.4) is 0 Å². The lowest BCUT2D eigenvalue weighted by atomic mass is 9.87. The molecule has 0 spiro atoms. The number of carbonyl (C=O) groups excluding carboxylic acids is 2. The quantitative estimate of drug-likeness (QED) is 0.344. The molecule has 0 aliphatic rings. The number of hydrogen-bond acceptors (Lipinski definition) is 3. The molecule has 0 heterocycles. The molecule has 33 heavy (non-hydrogen) atoms. The highest BCUT2D eigenvalue weighted by atomic mass is 79.9. The average molecular weight is 524 g/mol. The lowest BCUT2D eigenvalue weighted by Crippen LogP contribution is -2.34. The van der Waals surface area contributed by atoms with Gasteiger partial charge < -0.3 is 10.6 Å². The lowest BCUT2D eigenvalue weighted by Gasteiger charge is -2.19. The molecule has 0 saturated carbocycles. The molecule has 0 atom stereocenters. The second-order valence-electron chi connectivity index (χ2n) is 8.73. The summed E-state index contributed by atoms with van der Waals surface area (Å²) >= 11 is 8.71. The minimum absolute atomic E-state index is 0.0266. The molecule has 0 saturated heterocycles. The standard InChI is InChI=1S/C26H26BrN3O2S/c1-16-8-9-18(14-22(16)27)24(32)30-25(33)29-21-7-5-6-20(15-21)28-23(31)17-10-12-19(13-11-17)26(2,3)4/h5-15H,1-4H3,(H,28,31)(H2,29,30,32,33). The van der Waals surface area contributed by atoms with Crippen LogP contribution in [-0.4, -0.2) is 16.9 Å². The molecule has 0 fully saturated rings. The minimum Gasteiger partial charge on any atom is -0.332 e. The molecule has 5 nitrogen and oxygen atoms in total. The van der Waals surface area contributed by atoms with E-state index in [-0.39, 0.29) is 22.3 Å². The predicted molar refractivity (Wildman–Crippen MR) is 142 cm³/mol.